The molecule has 0 aromatic heterocycles. The van der Waals surface area contributed by atoms with Crippen molar-refractivity contribution in [3.63, 3.8) is 0 Å². The minimum atomic E-state index is -0.387. The molecule has 0 amide bonds. The van der Waals surface area contributed by atoms with Crippen molar-refractivity contribution in [2.45, 2.75) is 39.8 Å². The molecule has 0 radical (unpaired) electrons. The van der Waals surface area contributed by atoms with Gasteiger partial charge in [0.15, 0.2) is 11.6 Å². The zero-order valence-electron chi connectivity index (χ0n) is 14.5. The van der Waals surface area contributed by atoms with Gasteiger partial charge in [0.2, 0.25) is 0 Å². The van der Waals surface area contributed by atoms with Gasteiger partial charge in [-0.1, -0.05) is 32.4 Å². The molecule has 1 atom stereocenters. The Morgan fingerprint density at radius 3 is 2.45 bits per heavy atom. The molecule has 3 nitrogen and oxygen atoms in total. The molecule has 0 spiro atoms. The van der Waals surface area contributed by atoms with Gasteiger partial charge < -0.3 is 15.0 Å². The molecule has 22 heavy (non-hydrogen) atoms. The Hall–Kier alpha value is -0.840. The van der Waals surface area contributed by atoms with E-state index in [-0.39, 0.29) is 23.0 Å². The van der Waals surface area contributed by atoms with Crippen molar-refractivity contribution in [1.82, 2.24) is 10.2 Å². The highest BCUT2D eigenvalue weighted by molar-refractivity contribution is 6.31. The van der Waals surface area contributed by atoms with Crippen molar-refractivity contribution >= 4 is 11.6 Å². The topological polar surface area (TPSA) is 24.5 Å². The summed E-state index contributed by atoms with van der Waals surface area (Å²) in [5, 5.41) is 3.86. The Labute approximate surface area is 138 Å². The second-order valence-corrected chi connectivity index (χ2v) is 7.55. The van der Waals surface area contributed by atoms with E-state index in [1.807, 2.05) is 14.1 Å². The quantitative estimate of drug-likeness (QED) is 0.819. The van der Waals surface area contributed by atoms with Crippen molar-refractivity contribution in [2.24, 2.45) is 5.41 Å². The second kappa shape index (κ2) is 8.14. The fourth-order valence-corrected chi connectivity index (χ4v) is 2.74. The van der Waals surface area contributed by atoms with Crippen LogP contribution in [0.15, 0.2) is 12.1 Å². The third-order valence-electron chi connectivity index (χ3n) is 3.38. The summed E-state index contributed by atoms with van der Waals surface area (Å²) in [6.07, 6.45) is 0.994. The Morgan fingerprint density at radius 1 is 1.32 bits per heavy atom. The third kappa shape index (κ3) is 6.11. The highest BCUT2D eigenvalue weighted by Crippen LogP contribution is 2.27. The van der Waals surface area contributed by atoms with Gasteiger partial charge in [-0.05, 0) is 38.1 Å². The second-order valence-electron chi connectivity index (χ2n) is 7.15. The number of nitrogens with one attached hydrogen (secondary N) is 1. The average molecular weight is 331 g/mol. The van der Waals surface area contributed by atoms with Gasteiger partial charge in [-0.2, -0.15) is 0 Å². The average Bonchev–Trinajstić information content (AvgIpc) is 2.35. The van der Waals surface area contributed by atoms with Crippen molar-refractivity contribution in [2.75, 3.05) is 27.7 Å². The molecule has 0 fully saturated rings. The molecule has 5 heteroatoms. The summed E-state index contributed by atoms with van der Waals surface area (Å²) < 4.78 is 19.3. The number of methoxy groups -OCH3 is 1. The van der Waals surface area contributed by atoms with Crippen LogP contribution in [0.5, 0.6) is 5.75 Å². The van der Waals surface area contributed by atoms with Crippen molar-refractivity contribution in [1.29, 1.82) is 0 Å². The summed E-state index contributed by atoms with van der Waals surface area (Å²) in [6.45, 7) is 7.89. The molecule has 1 rings (SSSR count). The highest BCUT2D eigenvalue weighted by Gasteiger charge is 2.20. The number of likely N-dealkylation sites (N-methyl/N-ethyl adjacent to an activating group) is 1. The molecule has 0 unspecified atom stereocenters. The standard InChI is InChI=1S/C17H28ClFN2O/c1-17(2,3)9-12(11-21(4)5)20-10-13-14(18)7-8-15(22-6)16(13)19/h7-8,12,20H,9-11H2,1-6H3/t12-/m0/s1. The zero-order valence-corrected chi connectivity index (χ0v) is 15.2. The number of nitrogens with zero attached hydrogens (tertiary/aromatic N) is 1. The van der Waals surface area contributed by atoms with Crippen LogP contribution in [0.3, 0.4) is 0 Å². The van der Waals surface area contributed by atoms with Crippen LogP contribution in [-0.2, 0) is 6.54 Å². The van der Waals surface area contributed by atoms with E-state index in [0.29, 0.717) is 17.1 Å². The molecular weight excluding hydrogens is 303 g/mol. The molecule has 0 heterocycles. The summed E-state index contributed by atoms with van der Waals surface area (Å²) in [7, 11) is 5.53. The van der Waals surface area contributed by atoms with E-state index in [2.05, 4.69) is 31.0 Å². The minimum Gasteiger partial charge on any atom is -0.494 e. The van der Waals surface area contributed by atoms with Gasteiger partial charge in [0, 0.05) is 29.7 Å². The summed E-state index contributed by atoms with van der Waals surface area (Å²) in [5.74, 6) is -0.164. The maximum absolute atomic E-state index is 14.3. The largest absolute Gasteiger partial charge is 0.494 e. The normalized spacial score (nSPS) is 13.5. The maximum atomic E-state index is 14.3. The lowest BCUT2D eigenvalue weighted by Crippen LogP contribution is -2.40. The smallest absolute Gasteiger partial charge is 0.171 e. The SMILES string of the molecule is COc1ccc(Cl)c(CN[C@H](CN(C)C)CC(C)(C)C)c1F. The predicted octanol–water partition coefficient (Wildman–Crippen LogP) is 3.94. The Balaban J connectivity index is 2.84. The van der Waals surface area contributed by atoms with Crippen molar-refractivity contribution in [3.8, 4) is 5.75 Å². The predicted molar refractivity (Wildman–Crippen MR) is 91.2 cm³/mol. The van der Waals surface area contributed by atoms with Gasteiger partial charge in [-0.15, -0.1) is 0 Å². The van der Waals surface area contributed by atoms with E-state index >= 15 is 0 Å². The molecule has 1 aromatic carbocycles. The van der Waals surface area contributed by atoms with Crippen LogP contribution < -0.4 is 10.1 Å². The first-order valence-corrected chi connectivity index (χ1v) is 7.91. The molecule has 0 aliphatic rings. The number of ether oxygens (including phenoxy) is 1. The molecule has 0 aliphatic carbocycles. The van der Waals surface area contributed by atoms with Gasteiger partial charge in [0.25, 0.3) is 0 Å². The summed E-state index contributed by atoms with van der Waals surface area (Å²) >= 11 is 6.13. The Morgan fingerprint density at radius 2 is 1.95 bits per heavy atom. The first kappa shape index (κ1) is 19.2. The number of hydrogen-bond acceptors (Lipinski definition) is 3. The highest BCUT2D eigenvalue weighted by atomic mass is 35.5. The summed E-state index contributed by atoms with van der Waals surface area (Å²) in [4.78, 5) is 2.13. The van der Waals surface area contributed by atoms with Gasteiger partial charge in [0.05, 0.1) is 7.11 Å². The monoisotopic (exact) mass is 330 g/mol. The lowest BCUT2D eigenvalue weighted by atomic mass is 9.88. The first-order chi connectivity index (χ1) is 10.1. The van der Waals surface area contributed by atoms with Gasteiger partial charge in [0.1, 0.15) is 0 Å². The lowest BCUT2D eigenvalue weighted by molar-refractivity contribution is 0.255. The fourth-order valence-electron chi connectivity index (χ4n) is 2.52. The molecule has 1 aromatic rings. The van der Waals surface area contributed by atoms with Crippen LogP contribution in [0.1, 0.15) is 32.8 Å². The van der Waals surface area contributed by atoms with E-state index < -0.39 is 0 Å². The van der Waals surface area contributed by atoms with Crippen LogP contribution in [-0.4, -0.2) is 38.7 Å². The molecule has 0 saturated carbocycles. The number of benzene rings is 1. The van der Waals surface area contributed by atoms with E-state index in [1.165, 1.54) is 7.11 Å². The van der Waals surface area contributed by atoms with Crippen LogP contribution >= 0.6 is 11.6 Å². The molecule has 126 valence electrons. The van der Waals surface area contributed by atoms with E-state index in [9.17, 15) is 4.39 Å². The molecule has 0 aliphatic heterocycles. The third-order valence-corrected chi connectivity index (χ3v) is 3.74. The molecule has 0 bridgehead atoms. The molecule has 0 saturated heterocycles. The lowest BCUT2D eigenvalue weighted by Gasteiger charge is -2.29. The molecule has 1 N–H and O–H groups in total. The van der Waals surface area contributed by atoms with E-state index in [4.69, 9.17) is 16.3 Å². The van der Waals surface area contributed by atoms with Crippen LogP contribution in [0.4, 0.5) is 4.39 Å². The minimum absolute atomic E-state index is 0.199. The summed E-state index contributed by atoms with van der Waals surface area (Å²) in [5.41, 5.74) is 0.656. The van der Waals surface area contributed by atoms with Crippen LogP contribution in [0.25, 0.3) is 0 Å². The molecular formula is C17H28ClFN2O. The first-order valence-electron chi connectivity index (χ1n) is 7.53. The van der Waals surface area contributed by atoms with Crippen molar-refractivity contribution in [3.05, 3.63) is 28.5 Å². The van der Waals surface area contributed by atoms with Gasteiger partial charge in [-0.25, -0.2) is 4.39 Å². The van der Waals surface area contributed by atoms with Crippen molar-refractivity contribution < 1.29 is 9.13 Å². The Kier molecular flexibility index (Phi) is 7.10. The summed E-state index contributed by atoms with van der Waals surface area (Å²) in [6, 6.07) is 3.48. The number of halogens is 2. The maximum Gasteiger partial charge on any atom is 0.171 e. The van der Waals surface area contributed by atoms with E-state index in [1.54, 1.807) is 12.1 Å². The van der Waals surface area contributed by atoms with Crippen LogP contribution in [0.2, 0.25) is 5.02 Å². The van der Waals surface area contributed by atoms with Gasteiger partial charge >= 0.3 is 0 Å². The van der Waals surface area contributed by atoms with Crippen LogP contribution in [0, 0.1) is 11.2 Å². The Bertz CT molecular complexity index is 486. The number of rotatable bonds is 7. The zero-order chi connectivity index (χ0) is 16.9. The fraction of sp³-hybridized carbons (Fsp3) is 0.647. The van der Waals surface area contributed by atoms with E-state index in [0.717, 1.165) is 13.0 Å². The number of hydrogen-bond donors (Lipinski definition) is 1. The van der Waals surface area contributed by atoms with Gasteiger partial charge in [-0.3, -0.25) is 0 Å².